The van der Waals surface area contributed by atoms with Crippen molar-refractivity contribution < 1.29 is 9.53 Å². The molecule has 31 heavy (non-hydrogen) atoms. The smallest absolute Gasteiger partial charge is 0.317 e. The van der Waals surface area contributed by atoms with Crippen LogP contribution in [0, 0.1) is 9.49 Å². The summed E-state index contributed by atoms with van der Waals surface area (Å²) in [5.41, 5.74) is 2.52. The number of ether oxygens (including phenoxy) is 1. The van der Waals surface area contributed by atoms with E-state index in [0.717, 1.165) is 25.5 Å². The number of hydrogen-bond donors (Lipinski definition) is 0. The third-order valence-electron chi connectivity index (χ3n) is 5.47. The first-order valence-corrected chi connectivity index (χ1v) is 10.9. The molecule has 0 aliphatic carbocycles. The molecule has 0 saturated carbocycles. The van der Waals surface area contributed by atoms with Gasteiger partial charge in [0.1, 0.15) is 18.6 Å². The largest absolute Gasteiger partial charge is 0.460 e. The monoisotopic (exact) mass is 523 g/mol. The van der Waals surface area contributed by atoms with Crippen molar-refractivity contribution in [1.29, 1.82) is 0 Å². The number of rotatable bonds is 4. The van der Waals surface area contributed by atoms with Crippen molar-refractivity contribution in [2.75, 3.05) is 0 Å². The highest BCUT2D eigenvalue weighted by Crippen LogP contribution is 2.38. The van der Waals surface area contributed by atoms with Crippen LogP contribution in [-0.4, -0.2) is 31.9 Å². The van der Waals surface area contributed by atoms with Crippen molar-refractivity contribution >= 4 is 51.0 Å². The highest BCUT2D eigenvalue weighted by atomic mass is 127. The second kappa shape index (κ2) is 8.18. The van der Waals surface area contributed by atoms with Crippen molar-refractivity contribution in [2.24, 2.45) is 10.9 Å². The number of esters is 1. The van der Waals surface area contributed by atoms with Gasteiger partial charge in [0.05, 0.1) is 0 Å². The van der Waals surface area contributed by atoms with Crippen molar-refractivity contribution in [3.05, 3.63) is 81.4 Å². The molecule has 0 fully saturated rings. The number of benzene rings is 3. The van der Waals surface area contributed by atoms with E-state index < -0.39 is 12.0 Å². The first-order chi connectivity index (χ1) is 15.1. The molecule has 7 nitrogen and oxygen atoms in total. The summed E-state index contributed by atoms with van der Waals surface area (Å²) in [6.45, 7) is 2.03. The standard InChI is InChI=1S/C23H18IN5O2/c1-14-20(22(30)31-13-15-9-11-17(24)12-10-15)21(29-23(25-14)26-27-28-29)19-8-4-6-16-5-2-3-7-18(16)19/h2-12,20-21H,13H2,1H3. The van der Waals surface area contributed by atoms with Crippen molar-refractivity contribution in [3.63, 3.8) is 0 Å². The molecule has 1 aliphatic heterocycles. The van der Waals surface area contributed by atoms with Crippen LogP contribution in [0.4, 0.5) is 5.95 Å². The first-order valence-electron chi connectivity index (χ1n) is 9.83. The molecule has 0 radical (unpaired) electrons. The molecule has 3 aromatic carbocycles. The van der Waals surface area contributed by atoms with Gasteiger partial charge in [-0.1, -0.05) is 59.7 Å². The normalized spacial score (nSPS) is 17.8. The third-order valence-corrected chi connectivity index (χ3v) is 6.19. The van der Waals surface area contributed by atoms with Gasteiger partial charge in [0.2, 0.25) is 0 Å². The summed E-state index contributed by atoms with van der Waals surface area (Å²) in [4.78, 5) is 17.8. The second-order valence-corrected chi connectivity index (χ2v) is 8.65. The lowest BCUT2D eigenvalue weighted by Crippen LogP contribution is -2.37. The molecule has 4 aromatic rings. The Morgan fingerprint density at radius 3 is 2.68 bits per heavy atom. The quantitative estimate of drug-likeness (QED) is 0.291. The van der Waals surface area contributed by atoms with Crippen LogP contribution in [0.5, 0.6) is 0 Å². The SMILES string of the molecule is CC1=Nc2nnnn2C(c2cccc3ccccc23)C1C(=O)OCc1ccc(I)cc1. The maximum absolute atomic E-state index is 13.3. The molecule has 2 unspecified atom stereocenters. The summed E-state index contributed by atoms with van der Waals surface area (Å²) in [5.74, 6) is -0.596. The number of carbonyl (C=O) groups is 1. The summed E-state index contributed by atoms with van der Waals surface area (Å²) < 4.78 is 8.48. The Kier molecular flexibility index (Phi) is 5.23. The van der Waals surface area contributed by atoms with Crippen LogP contribution in [0.3, 0.4) is 0 Å². The van der Waals surface area contributed by atoms with Gasteiger partial charge in [-0.15, -0.1) is 0 Å². The van der Waals surface area contributed by atoms with Crippen LogP contribution < -0.4 is 0 Å². The zero-order chi connectivity index (χ0) is 21.4. The number of nitrogens with zero attached hydrogens (tertiary/aromatic N) is 5. The van der Waals surface area contributed by atoms with E-state index in [9.17, 15) is 4.79 Å². The highest BCUT2D eigenvalue weighted by Gasteiger charge is 2.40. The van der Waals surface area contributed by atoms with Gasteiger partial charge in [-0.2, -0.15) is 0 Å². The van der Waals surface area contributed by atoms with Gasteiger partial charge >= 0.3 is 5.97 Å². The summed E-state index contributed by atoms with van der Waals surface area (Å²) in [5, 5.41) is 14.1. The molecule has 8 heteroatoms. The number of carbonyl (C=O) groups excluding carboxylic acids is 1. The third kappa shape index (κ3) is 3.71. The second-order valence-electron chi connectivity index (χ2n) is 7.40. The average molecular weight is 523 g/mol. The first kappa shape index (κ1) is 19.8. The molecule has 5 rings (SSSR count). The predicted octanol–water partition coefficient (Wildman–Crippen LogP) is 4.49. The molecule has 154 valence electrons. The van der Waals surface area contributed by atoms with Crippen molar-refractivity contribution in [3.8, 4) is 0 Å². The lowest BCUT2D eigenvalue weighted by molar-refractivity contribution is -0.148. The van der Waals surface area contributed by atoms with E-state index >= 15 is 0 Å². The Hall–Kier alpha value is -3.14. The lowest BCUT2D eigenvalue weighted by Gasteiger charge is -2.30. The van der Waals surface area contributed by atoms with Gasteiger partial charge in [-0.3, -0.25) is 4.79 Å². The maximum Gasteiger partial charge on any atom is 0.317 e. The Balaban J connectivity index is 1.54. The minimum absolute atomic E-state index is 0.199. The number of halogens is 1. The highest BCUT2D eigenvalue weighted by molar-refractivity contribution is 14.1. The van der Waals surface area contributed by atoms with Crippen LogP contribution >= 0.6 is 22.6 Å². The molecule has 1 aliphatic rings. The van der Waals surface area contributed by atoms with Gasteiger partial charge in [0.25, 0.3) is 5.95 Å². The molecular formula is C23H18IN5O2. The van der Waals surface area contributed by atoms with Gasteiger partial charge in [-0.25, -0.2) is 9.67 Å². The lowest BCUT2D eigenvalue weighted by atomic mass is 9.86. The molecule has 2 atom stereocenters. The summed E-state index contributed by atoms with van der Waals surface area (Å²) in [6.07, 6.45) is 0. The molecule has 0 saturated heterocycles. The van der Waals surface area contributed by atoms with E-state index in [4.69, 9.17) is 4.74 Å². The molecule has 2 heterocycles. The zero-order valence-corrected chi connectivity index (χ0v) is 18.8. The number of aromatic nitrogens is 4. The predicted molar refractivity (Wildman–Crippen MR) is 125 cm³/mol. The Morgan fingerprint density at radius 2 is 1.84 bits per heavy atom. The fourth-order valence-corrected chi connectivity index (χ4v) is 4.34. The molecule has 0 amide bonds. The fraction of sp³-hybridized carbons (Fsp3) is 0.174. The van der Waals surface area contributed by atoms with Gasteiger partial charge < -0.3 is 4.74 Å². The van der Waals surface area contributed by atoms with E-state index in [-0.39, 0.29) is 12.6 Å². The number of aliphatic imine (C=N–C) groups is 1. The van der Waals surface area contributed by atoms with Crippen LogP contribution in [0.1, 0.15) is 24.1 Å². The zero-order valence-electron chi connectivity index (χ0n) is 16.6. The Labute approximate surface area is 192 Å². The Morgan fingerprint density at radius 1 is 1.06 bits per heavy atom. The van der Waals surface area contributed by atoms with Gasteiger partial charge in [0.15, 0.2) is 0 Å². The maximum atomic E-state index is 13.3. The summed E-state index contributed by atoms with van der Waals surface area (Å²) >= 11 is 2.25. The van der Waals surface area contributed by atoms with Crippen molar-refractivity contribution in [1.82, 2.24) is 20.2 Å². The minimum atomic E-state index is -0.634. The van der Waals surface area contributed by atoms with Gasteiger partial charge in [0, 0.05) is 9.28 Å². The molecule has 1 aromatic heterocycles. The van der Waals surface area contributed by atoms with E-state index in [1.165, 1.54) is 0 Å². The molecule has 0 bridgehead atoms. The topological polar surface area (TPSA) is 82.3 Å². The molecule has 0 N–H and O–H groups in total. The number of hydrogen-bond acceptors (Lipinski definition) is 6. The van der Waals surface area contributed by atoms with E-state index in [2.05, 4.69) is 43.1 Å². The van der Waals surface area contributed by atoms with Crippen LogP contribution in [0.2, 0.25) is 0 Å². The average Bonchev–Trinajstić information content (AvgIpc) is 3.25. The fourth-order valence-electron chi connectivity index (χ4n) is 3.98. The minimum Gasteiger partial charge on any atom is -0.460 e. The summed E-state index contributed by atoms with van der Waals surface area (Å²) in [6, 6.07) is 21.6. The van der Waals surface area contributed by atoms with Crippen LogP contribution in [0.25, 0.3) is 10.8 Å². The van der Waals surface area contributed by atoms with E-state index in [1.807, 2.05) is 73.7 Å². The molecule has 0 spiro atoms. The summed E-state index contributed by atoms with van der Waals surface area (Å²) in [7, 11) is 0. The number of fused-ring (bicyclic) bond motifs is 2. The van der Waals surface area contributed by atoms with Crippen LogP contribution in [0.15, 0.2) is 71.7 Å². The molecular weight excluding hydrogens is 505 g/mol. The van der Waals surface area contributed by atoms with Crippen LogP contribution in [-0.2, 0) is 16.1 Å². The van der Waals surface area contributed by atoms with E-state index in [0.29, 0.717) is 11.7 Å². The van der Waals surface area contributed by atoms with Gasteiger partial charge in [-0.05, 0) is 74.0 Å². The van der Waals surface area contributed by atoms with Crippen molar-refractivity contribution in [2.45, 2.75) is 19.6 Å². The van der Waals surface area contributed by atoms with E-state index in [1.54, 1.807) is 4.68 Å². The Bertz CT molecular complexity index is 1290. The number of tetrazole rings is 1.